The lowest BCUT2D eigenvalue weighted by atomic mass is 10.2. The van der Waals surface area contributed by atoms with Gasteiger partial charge in [-0.1, -0.05) is 6.07 Å². The first-order valence-electron chi connectivity index (χ1n) is 7.35. The molecule has 7 nitrogen and oxygen atoms in total. The standard InChI is InChI=1S/C16H17N3O4S/c1-11-16(20)19(2)14-8-13(5-6-15(14)23-11)24(21,22)18-10-12-4-3-7-17-9-12/h3-9,11,18H,10H2,1-2H3. The first-order valence-corrected chi connectivity index (χ1v) is 8.83. The third-order valence-electron chi connectivity index (χ3n) is 3.77. The van der Waals surface area contributed by atoms with Crippen LogP contribution in [0.2, 0.25) is 0 Å². The highest BCUT2D eigenvalue weighted by molar-refractivity contribution is 7.89. The SMILES string of the molecule is CC1Oc2ccc(S(=O)(=O)NCc3cccnc3)cc2N(C)C1=O. The van der Waals surface area contributed by atoms with Gasteiger partial charge in [-0.15, -0.1) is 0 Å². The molecule has 24 heavy (non-hydrogen) atoms. The number of rotatable bonds is 4. The molecule has 0 saturated carbocycles. The van der Waals surface area contributed by atoms with E-state index in [-0.39, 0.29) is 17.3 Å². The Balaban J connectivity index is 1.85. The number of likely N-dealkylation sites (N-methyl/N-ethyl adjacent to an activating group) is 1. The van der Waals surface area contributed by atoms with E-state index in [9.17, 15) is 13.2 Å². The molecule has 1 aromatic carbocycles. The summed E-state index contributed by atoms with van der Waals surface area (Å²) in [6.07, 6.45) is 2.63. The largest absolute Gasteiger partial charge is 0.479 e. The number of aromatic nitrogens is 1. The van der Waals surface area contributed by atoms with E-state index in [2.05, 4.69) is 9.71 Å². The fourth-order valence-corrected chi connectivity index (χ4v) is 3.46. The molecule has 3 rings (SSSR count). The predicted molar refractivity (Wildman–Crippen MR) is 88.2 cm³/mol. The first-order chi connectivity index (χ1) is 11.4. The molecule has 126 valence electrons. The second-order valence-electron chi connectivity index (χ2n) is 5.47. The molecule has 2 heterocycles. The minimum Gasteiger partial charge on any atom is -0.479 e. The average molecular weight is 347 g/mol. The highest BCUT2D eigenvalue weighted by Crippen LogP contribution is 2.35. The summed E-state index contributed by atoms with van der Waals surface area (Å²) in [6, 6.07) is 7.98. The van der Waals surface area contributed by atoms with Gasteiger partial charge in [0.1, 0.15) is 5.75 Å². The number of nitrogens with one attached hydrogen (secondary N) is 1. The number of hydrogen-bond donors (Lipinski definition) is 1. The zero-order chi connectivity index (χ0) is 17.3. The molecule has 1 aliphatic rings. The number of sulfonamides is 1. The smallest absolute Gasteiger partial charge is 0.267 e. The number of benzene rings is 1. The van der Waals surface area contributed by atoms with Crippen LogP contribution in [0.1, 0.15) is 12.5 Å². The van der Waals surface area contributed by atoms with E-state index in [0.717, 1.165) is 5.56 Å². The van der Waals surface area contributed by atoms with Crippen molar-refractivity contribution >= 4 is 21.6 Å². The molecule has 0 aliphatic carbocycles. The monoisotopic (exact) mass is 347 g/mol. The number of pyridine rings is 1. The Morgan fingerprint density at radius 3 is 2.83 bits per heavy atom. The van der Waals surface area contributed by atoms with E-state index >= 15 is 0 Å². The third-order valence-corrected chi connectivity index (χ3v) is 5.17. The van der Waals surface area contributed by atoms with E-state index in [1.54, 1.807) is 44.6 Å². The maximum atomic E-state index is 12.5. The van der Waals surface area contributed by atoms with Crippen LogP contribution in [0, 0.1) is 0 Å². The first kappa shape index (κ1) is 16.4. The Labute approximate surface area is 140 Å². The molecule has 8 heteroatoms. The normalized spacial score (nSPS) is 17.3. The number of nitrogens with zero attached hydrogens (tertiary/aromatic N) is 2. The van der Waals surface area contributed by atoms with Gasteiger partial charge in [0.2, 0.25) is 10.0 Å². The highest BCUT2D eigenvalue weighted by atomic mass is 32.2. The number of fused-ring (bicyclic) bond motifs is 1. The van der Waals surface area contributed by atoms with Crippen molar-refractivity contribution in [3.8, 4) is 5.75 Å². The van der Waals surface area contributed by atoms with Crippen molar-refractivity contribution in [2.24, 2.45) is 0 Å². The Morgan fingerprint density at radius 2 is 2.12 bits per heavy atom. The number of carbonyl (C=O) groups excluding carboxylic acids is 1. The molecule has 1 atom stereocenters. The fraction of sp³-hybridized carbons (Fsp3) is 0.250. The van der Waals surface area contributed by atoms with Crippen molar-refractivity contribution in [1.82, 2.24) is 9.71 Å². The van der Waals surface area contributed by atoms with Gasteiger partial charge in [0.05, 0.1) is 10.6 Å². The lowest BCUT2D eigenvalue weighted by Crippen LogP contribution is -2.42. The maximum absolute atomic E-state index is 12.5. The molecular formula is C16H17N3O4S. The Morgan fingerprint density at radius 1 is 1.33 bits per heavy atom. The summed E-state index contributed by atoms with van der Waals surface area (Å²) in [7, 11) is -2.12. The molecule has 0 fully saturated rings. The van der Waals surface area contributed by atoms with Gasteiger partial charge in [-0.3, -0.25) is 9.78 Å². The van der Waals surface area contributed by atoms with Gasteiger partial charge in [-0.25, -0.2) is 13.1 Å². The van der Waals surface area contributed by atoms with Crippen LogP contribution in [0.25, 0.3) is 0 Å². The fourth-order valence-electron chi connectivity index (χ4n) is 2.42. The van der Waals surface area contributed by atoms with Crippen molar-refractivity contribution < 1.29 is 17.9 Å². The van der Waals surface area contributed by atoms with Crippen molar-refractivity contribution in [2.45, 2.75) is 24.5 Å². The van der Waals surface area contributed by atoms with Gasteiger partial charge in [0.25, 0.3) is 5.91 Å². The molecule has 1 unspecified atom stereocenters. The molecular weight excluding hydrogens is 330 g/mol. The van der Waals surface area contributed by atoms with Crippen molar-refractivity contribution in [3.63, 3.8) is 0 Å². The van der Waals surface area contributed by atoms with Gasteiger partial charge in [0.15, 0.2) is 6.10 Å². The summed E-state index contributed by atoms with van der Waals surface area (Å²) in [5.74, 6) is 0.260. The van der Waals surface area contributed by atoms with Crippen LogP contribution in [0.3, 0.4) is 0 Å². The third kappa shape index (κ3) is 3.10. The van der Waals surface area contributed by atoms with E-state index < -0.39 is 16.1 Å². The minimum atomic E-state index is -3.72. The summed E-state index contributed by atoms with van der Waals surface area (Å²) in [5.41, 5.74) is 1.19. The quantitative estimate of drug-likeness (QED) is 0.901. The number of amides is 1. The van der Waals surface area contributed by atoms with Crippen LogP contribution >= 0.6 is 0 Å². The molecule has 1 aliphatic heterocycles. The van der Waals surface area contributed by atoms with Gasteiger partial charge in [0, 0.05) is 26.0 Å². The van der Waals surface area contributed by atoms with Gasteiger partial charge < -0.3 is 9.64 Å². The van der Waals surface area contributed by atoms with Crippen molar-refractivity contribution in [1.29, 1.82) is 0 Å². The van der Waals surface area contributed by atoms with Crippen LogP contribution in [-0.2, 0) is 21.4 Å². The minimum absolute atomic E-state index is 0.0722. The highest BCUT2D eigenvalue weighted by Gasteiger charge is 2.30. The number of anilines is 1. The zero-order valence-electron chi connectivity index (χ0n) is 13.3. The van der Waals surface area contributed by atoms with Crippen LogP contribution in [0.4, 0.5) is 5.69 Å². The molecule has 2 aromatic rings. The molecule has 0 bridgehead atoms. The molecule has 0 radical (unpaired) electrons. The molecule has 1 N–H and O–H groups in total. The summed E-state index contributed by atoms with van der Waals surface area (Å²) in [4.78, 5) is 17.4. The van der Waals surface area contributed by atoms with E-state index in [4.69, 9.17) is 4.74 Å². The second kappa shape index (κ2) is 6.21. The topological polar surface area (TPSA) is 88.6 Å². The lowest BCUT2D eigenvalue weighted by molar-refractivity contribution is -0.125. The predicted octanol–water partition coefficient (Wildman–Crippen LogP) is 1.30. The molecule has 1 amide bonds. The van der Waals surface area contributed by atoms with Crippen LogP contribution in [-0.4, -0.2) is 32.5 Å². The van der Waals surface area contributed by atoms with E-state index in [0.29, 0.717) is 11.4 Å². The number of hydrogen-bond acceptors (Lipinski definition) is 5. The molecule has 0 spiro atoms. The number of ether oxygens (including phenoxy) is 1. The summed E-state index contributed by atoms with van der Waals surface area (Å²) < 4.78 is 33.0. The summed E-state index contributed by atoms with van der Waals surface area (Å²) in [6.45, 7) is 1.79. The van der Waals surface area contributed by atoms with E-state index in [1.807, 2.05) is 0 Å². The van der Waals surface area contributed by atoms with Crippen LogP contribution in [0.5, 0.6) is 5.75 Å². The zero-order valence-corrected chi connectivity index (χ0v) is 14.1. The lowest BCUT2D eigenvalue weighted by Gasteiger charge is -2.30. The molecule has 1 aromatic heterocycles. The van der Waals surface area contributed by atoms with Gasteiger partial charge >= 0.3 is 0 Å². The average Bonchev–Trinajstić information content (AvgIpc) is 2.59. The van der Waals surface area contributed by atoms with Crippen molar-refractivity contribution in [2.75, 3.05) is 11.9 Å². The van der Waals surface area contributed by atoms with Gasteiger partial charge in [-0.05, 0) is 36.8 Å². The summed E-state index contributed by atoms with van der Waals surface area (Å²) in [5, 5.41) is 0. The van der Waals surface area contributed by atoms with Crippen molar-refractivity contribution in [3.05, 3.63) is 48.3 Å². The number of carbonyl (C=O) groups is 1. The molecule has 0 saturated heterocycles. The maximum Gasteiger partial charge on any atom is 0.267 e. The Bertz CT molecular complexity index is 868. The summed E-state index contributed by atoms with van der Waals surface area (Å²) >= 11 is 0. The van der Waals surface area contributed by atoms with Crippen LogP contribution in [0.15, 0.2) is 47.6 Å². The van der Waals surface area contributed by atoms with E-state index in [1.165, 1.54) is 17.0 Å². The Hall–Kier alpha value is -2.45. The van der Waals surface area contributed by atoms with Gasteiger partial charge in [-0.2, -0.15) is 0 Å². The Kier molecular flexibility index (Phi) is 4.25. The second-order valence-corrected chi connectivity index (χ2v) is 7.24. The van der Waals surface area contributed by atoms with Crippen LogP contribution < -0.4 is 14.4 Å².